The van der Waals surface area contributed by atoms with Gasteiger partial charge in [-0.25, -0.2) is 0 Å². The van der Waals surface area contributed by atoms with E-state index in [1.165, 1.54) is 10.7 Å². The Morgan fingerprint density at radius 2 is 1.07 bits per heavy atom. The Balaban J connectivity index is 2.07. The van der Waals surface area contributed by atoms with Crippen LogP contribution in [0, 0.1) is 0 Å². The van der Waals surface area contributed by atoms with Gasteiger partial charge in [-0.2, -0.15) is 0 Å². The molecule has 0 heterocycles. The van der Waals surface area contributed by atoms with Crippen LogP contribution in [0.3, 0.4) is 0 Å². The molecule has 0 aliphatic carbocycles. The molecule has 1 nitrogen and oxygen atoms in total. The Hall–Kier alpha value is -1.78. The molecule has 0 spiro atoms. The van der Waals surface area contributed by atoms with Crippen molar-refractivity contribution < 1.29 is 4.43 Å². The van der Waals surface area contributed by atoms with Crippen molar-refractivity contribution in [2.75, 3.05) is 0 Å². The summed E-state index contributed by atoms with van der Waals surface area (Å²) in [5.41, 5.74) is 0. The number of rotatable bonds is 7. The summed E-state index contributed by atoms with van der Waals surface area (Å²) in [4.78, 5) is 0. The van der Waals surface area contributed by atoms with Crippen molar-refractivity contribution in [1.29, 1.82) is 0 Å². The summed E-state index contributed by atoms with van der Waals surface area (Å²) < 4.78 is 11.9. The monoisotopic (exact) mass is 522 g/mol. The third kappa shape index (κ3) is 4.92. The van der Waals surface area contributed by atoms with E-state index in [0.29, 0.717) is 0 Å². The van der Waals surface area contributed by atoms with E-state index >= 15 is 0 Å². The molecule has 0 radical (unpaired) electrons. The second-order valence-electron chi connectivity index (χ2n) is 9.46. The molecule has 0 aromatic heterocycles. The van der Waals surface area contributed by atoms with Crippen molar-refractivity contribution in [2.45, 2.75) is 43.3 Å². The minimum atomic E-state index is -3.22. The molecular formula is C27H34OSiSn. The SMILES string of the molecule is CC(C)(C)[Si](C)(C)O/C=C\[CH2][Sn]([c]1ccccc1)([c]1ccccc1)[c]1ccccc1. The number of hydrogen-bond acceptors (Lipinski definition) is 1. The molecule has 156 valence electrons. The zero-order valence-corrected chi connectivity index (χ0v) is 22.8. The van der Waals surface area contributed by atoms with E-state index in [1.807, 2.05) is 6.26 Å². The van der Waals surface area contributed by atoms with Crippen LogP contribution >= 0.6 is 0 Å². The van der Waals surface area contributed by atoms with Gasteiger partial charge in [0.1, 0.15) is 0 Å². The van der Waals surface area contributed by atoms with E-state index in [9.17, 15) is 0 Å². The van der Waals surface area contributed by atoms with Gasteiger partial charge in [0.05, 0.1) is 0 Å². The van der Waals surface area contributed by atoms with Crippen LogP contribution in [0.4, 0.5) is 0 Å². The summed E-state index contributed by atoms with van der Waals surface area (Å²) in [6.45, 7) is 11.5. The molecular weight excluding hydrogens is 487 g/mol. The first kappa shape index (κ1) is 22.9. The molecule has 0 aliphatic rings. The van der Waals surface area contributed by atoms with Crippen LogP contribution in [0.2, 0.25) is 22.6 Å². The van der Waals surface area contributed by atoms with Crippen molar-refractivity contribution in [3.8, 4) is 0 Å². The molecule has 3 heteroatoms. The van der Waals surface area contributed by atoms with Crippen molar-refractivity contribution in [2.24, 2.45) is 0 Å². The molecule has 0 saturated carbocycles. The summed E-state index contributed by atoms with van der Waals surface area (Å²) in [7, 11) is -1.80. The van der Waals surface area contributed by atoms with Crippen LogP contribution in [0.1, 0.15) is 20.8 Å². The average molecular weight is 521 g/mol. The topological polar surface area (TPSA) is 9.23 Å². The van der Waals surface area contributed by atoms with E-state index in [4.69, 9.17) is 4.43 Å². The van der Waals surface area contributed by atoms with Crippen LogP contribution in [0.25, 0.3) is 0 Å². The summed E-state index contributed by atoms with van der Waals surface area (Å²) >= 11 is -3.22. The van der Waals surface area contributed by atoms with Crippen LogP contribution in [-0.4, -0.2) is 26.7 Å². The number of benzene rings is 3. The van der Waals surface area contributed by atoms with Gasteiger partial charge in [-0.1, -0.05) is 0 Å². The molecule has 0 fully saturated rings. The summed E-state index contributed by atoms with van der Waals surface area (Å²) in [5.74, 6) is 0. The van der Waals surface area contributed by atoms with Gasteiger partial charge in [0.2, 0.25) is 0 Å². The summed E-state index contributed by atoms with van der Waals surface area (Å²) in [6, 6.07) is 33.4. The molecule has 0 amide bonds. The Labute approximate surface area is 187 Å². The minimum absolute atomic E-state index is 0.204. The van der Waals surface area contributed by atoms with Crippen molar-refractivity contribution in [3.05, 3.63) is 103 Å². The van der Waals surface area contributed by atoms with Gasteiger partial charge in [0.25, 0.3) is 0 Å². The molecule has 3 aromatic rings. The zero-order chi connectivity index (χ0) is 21.7. The predicted octanol–water partition coefficient (Wildman–Crippen LogP) is 5.69. The van der Waals surface area contributed by atoms with Crippen LogP contribution < -0.4 is 10.7 Å². The molecule has 30 heavy (non-hydrogen) atoms. The second kappa shape index (κ2) is 9.57. The van der Waals surface area contributed by atoms with E-state index < -0.39 is 26.7 Å². The van der Waals surface area contributed by atoms with Gasteiger partial charge in [0.15, 0.2) is 0 Å². The number of allylic oxidation sites excluding steroid dienone is 1. The van der Waals surface area contributed by atoms with E-state index in [0.717, 1.165) is 4.44 Å². The first-order chi connectivity index (χ1) is 14.3. The van der Waals surface area contributed by atoms with Gasteiger partial charge >= 0.3 is 189 Å². The Bertz CT molecular complexity index is 848. The summed E-state index contributed by atoms with van der Waals surface area (Å²) in [5, 5.41) is 0.204. The Morgan fingerprint density at radius 1 is 0.700 bits per heavy atom. The average Bonchev–Trinajstić information content (AvgIpc) is 2.75. The molecule has 0 atom stereocenters. The first-order valence-electron chi connectivity index (χ1n) is 10.8. The van der Waals surface area contributed by atoms with Gasteiger partial charge < -0.3 is 0 Å². The summed E-state index contributed by atoms with van der Waals surface area (Å²) in [6.07, 6.45) is 4.32. The maximum absolute atomic E-state index is 6.39. The molecule has 3 rings (SSSR count). The fourth-order valence-electron chi connectivity index (χ4n) is 3.64. The van der Waals surface area contributed by atoms with E-state index in [-0.39, 0.29) is 5.04 Å². The Morgan fingerprint density at radius 3 is 1.40 bits per heavy atom. The molecule has 3 aromatic carbocycles. The molecule has 0 unspecified atom stereocenters. The van der Waals surface area contributed by atoms with Crippen molar-refractivity contribution in [3.63, 3.8) is 0 Å². The molecule has 0 bridgehead atoms. The van der Waals surface area contributed by atoms with Crippen molar-refractivity contribution in [1.82, 2.24) is 0 Å². The first-order valence-corrected chi connectivity index (χ1v) is 20.0. The van der Waals surface area contributed by atoms with Crippen LogP contribution in [0.15, 0.2) is 103 Å². The van der Waals surface area contributed by atoms with Gasteiger partial charge in [-0.3, -0.25) is 0 Å². The molecule has 0 aliphatic heterocycles. The number of hydrogen-bond donors (Lipinski definition) is 0. The van der Waals surface area contributed by atoms with Gasteiger partial charge in [0, 0.05) is 0 Å². The molecule has 0 N–H and O–H groups in total. The predicted molar refractivity (Wildman–Crippen MR) is 136 cm³/mol. The quantitative estimate of drug-likeness (QED) is 0.287. The van der Waals surface area contributed by atoms with Crippen LogP contribution in [-0.2, 0) is 4.43 Å². The van der Waals surface area contributed by atoms with Gasteiger partial charge in [-0.15, -0.1) is 0 Å². The van der Waals surface area contributed by atoms with Crippen molar-refractivity contribution >= 4 is 37.4 Å². The standard InChI is InChI=1S/C9H19OSi.3C6H5.Sn/c1-7-8-10-11(5,6)9(2,3)4;3*1-2-4-6-5-3-1;/h7-8H,1H2,2-6H3;3*1-5H;/b8-7-;;;;. The maximum atomic E-state index is 6.39. The van der Waals surface area contributed by atoms with E-state index in [2.05, 4.69) is 131 Å². The van der Waals surface area contributed by atoms with E-state index in [1.54, 1.807) is 0 Å². The second-order valence-corrected chi connectivity index (χ2v) is 25.5. The molecule has 0 saturated heterocycles. The fourth-order valence-corrected chi connectivity index (χ4v) is 17.1. The third-order valence-corrected chi connectivity index (χ3v) is 24.5. The van der Waals surface area contributed by atoms with Gasteiger partial charge in [-0.05, 0) is 0 Å². The van der Waals surface area contributed by atoms with Crippen LogP contribution in [0.5, 0.6) is 0 Å². The third-order valence-electron chi connectivity index (χ3n) is 6.49. The normalized spacial score (nSPS) is 12.8. The Kier molecular flexibility index (Phi) is 7.30. The zero-order valence-electron chi connectivity index (χ0n) is 18.9. The fraction of sp³-hybridized carbons (Fsp3) is 0.259.